The lowest BCUT2D eigenvalue weighted by Crippen LogP contribution is -2.04. The molecule has 0 saturated heterocycles. The van der Waals surface area contributed by atoms with E-state index in [2.05, 4.69) is 12.1 Å². The van der Waals surface area contributed by atoms with Gasteiger partial charge in [0.05, 0.1) is 5.56 Å². The van der Waals surface area contributed by atoms with Crippen molar-refractivity contribution in [2.24, 2.45) is 0 Å². The first-order chi connectivity index (χ1) is 14.2. The zero-order valence-corrected chi connectivity index (χ0v) is 16.5. The molecule has 0 aliphatic rings. The molecule has 0 aliphatic heterocycles. The maximum atomic E-state index is 11.9. The molecule has 0 heterocycles. The number of nitrogens with two attached hydrogens (primary N) is 3. The van der Waals surface area contributed by atoms with Crippen molar-refractivity contribution in [1.82, 2.24) is 0 Å². The van der Waals surface area contributed by atoms with Gasteiger partial charge in [-0.2, -0.15) is 13.2 Å². The van der Waals surface area contributed by atoms with E-state index in [0.29, 0.717) is 5.69 Å². The molecule has 0 fully saturated rings. The predicted octanol–water partition coefficient (Wildman–Crippen LogP) is 6.29. The number of rotatable bonds is 0. The maximum absolute atomic E-state index is 11.9. The molecule has 0 amide bonds. The molecule has 0 unspecified atom stereocenters. The molecule has 4 aromatic carbocycles. The Morgan fingerprint density at radius 2 is 1.13 bits per heavy atom. The fraction of sp³-hybridized carbons (Fsp3) is 0.0833. The largest absolute Gasteiger partial charge is 0.416 e. The molecule has 0 aliphatic carbocycles. The topological polar surface area (TPSA) is 78.1 Å². The first kappa shape index (κ1) is 22.6. The number of benzene rings is 4. The minimum absolute atomic E-state index is 0.331. The van der Waals surface area contributed by atoms with Gasteiger partial charge in [-0.15, -0.1) is 0 Å². The minimum atomic E-state index is -4.27. The summed E-state index contributed by atoms with van der Waals surface area (Å²) in [6.07, 6.45) is -4.27. The van der Waals surface area contributed by atoms with Crippen LogP contribution < -0.4 is 17.2 Å². The summed E-state index contributed by atoms with van der Waals surface area (Å²) in [5, 5.41) is 2.34. The molecule has 156 valence electrons. The number of nitrogen functional groups attached to an aromatic ring is 3. The fourth-order valence-corrected chi connectivity index (χ4v) is 2.51. The van der Waals surface area contributed by atoms with Crippen LogP contribution in [0.15, 0.2) is 91.0 Å². The third kappa shape index (κ3) is 6.74. The third-order valence-electron chi connectivity index (χ3n) is 4.25. The van der Waals surface area contributed by atoms with Crippen molar-refractivity contribution in [1.29, 1.82) is 0 Å². The van der Waals surface area contributed by atoms with Gasteiger partial charge in [-0.1, -0.05) is 54.6 Å². The first-order valence-corrected chi connectivity index (χ1v) is 9.15. The van der Waals surface area contributed by atoms with Crippen LogP contribution in [0.25, 0.3) is 10.8 Å². The van der Waals surface area contributed by atoms with E-state index in [1.165, 1.54) is 17.5 Å². The highest BCUT2D eigenvalue weighted by Crippen LogP contribution is 2.29. The molecule has 30 heavy (non-hydrogen) atoms. The van der Waals surface area contributed by atoms with Crippen LogP contribution in [0.4, 0.5) is 30.2 Å². The van der Waals surface area contributed by atoms with Gasteiger partial charge in [0.25, 0.3) is 0 Å². The van der Waals surface area contributed by atoms with Crippen LogP contribution in [0.1, 0.15) is 11.1 Å². The Bertz CT molecular complexity index is 1050. The number of fused-ring (bicyclic) bond motifs is 1. The highest BCUT2D eigenvalue weighted by molar-refractivity contribution is 5.92. The van der Waals surface area contributed by atoms with Crippen LogP contribution in [0.5, 0.6) is 0 Å². The Kier molecular flexibility index (Phi) is 7.69. The summed E-state index contributed by atoms with van der Waals surface area (Å²) in [6, 6.07) is 26.2. The molecule has 3 nitrogen and oxygen atoms in total. The van der Waals surface area contributed by atoms with Crippen molar-refractivity contribution in [3.05, 3.63) is 102 Å². The SMILES string of the molecule is Cc1ccccc1N.Nc1ccc(C(F)(F)F)cc1.Nc1cccc2ccccc12. The van der Waals surface area contributed by atoms with Gasteiger partial charge in [0.15, 0.2) is 0 Å². The van der Waals surface area contributed by atoms with Crippen LogP contribution in [0.2, 0.25) is 0 Å². The number of aryl methyl sites for hydroxylation is 1. The van der Waals surface area contributed by atoms with Crippen LogP contribution in [0, 0.1) is 6.92 Å². The Morgan fingerprint density at radius 3 is 1.67 bits per heavy atom. The van der Waals surface area contributed by atoms with E-state index < -0.39 is 11.7 Å². The lowest BCUT2D eigenvalue weighted by molar-refractivity contribution is -0.137. The fourth-order valence-electron chi connectivity index (χ4n) is 2.51. The van der Waals surface area contributed by atoms with Gasteiger partial charge in [0.1, 0.15) is 0 Å². The lowest BCUT2D eigenvalue weighted by Gasteiger charge is -2.05. The van der Waals surface area contributed by atoms with Crippen molar-refractivity contribution in [3.63, 3.8) is 0 Å². The predicted molar refractivity (Wildman–Crippen MR) is 120 cm³/mol. The molecule has 0 saturated carbocycles. The molecule has 0 radical (unpaired) electrons. The summed E-state index contributed by atoms with van der Waals surface area (Å²) in [6.45, 7) is 2.00. The van der Waals surface area contributed by atoms with Crippen molar-refractivity contribution >= 4 is 27.8 Å². The van der Waals surface area contributed by atoms with Gasteiger partial charge >= 0.3 is 6.18 Å². The molecule has 0 atom stereocenters. The smallest absolute Gasteiger partial charge is 0.399 e. The minimum Gasteiger partial charge on any atom is -0.399 e. The number of para-hydroxylation sites is 1. The van der Waals surface area contributed by atoms with Gasteiger partial charge in [-0.3, -0.25) is 0 Å². The van der Waals surface area contributed by atoms with Crippen LogP contribution in [-0.2, 0) is 6.18 Å². The van der Waals surface area contributed by atoms with Crippen molar-refractivity contribution in [2.45, 2.75) is 13.1 Å². The Labute approximate surface area is 173 Å². The summed E-state index contributed by atoms with van der Waals surface area (Å²) in [5.41, 5.74) is 19.0. The summed E-state index contributed by atoms with van der Waals surface area (Å²) < 4.78 is 35.6. The van der Waals surface area contributed by atoms with E-state index in [1.54, 1.807) is 0 Å². The summed E-state index contributed by atoms with van der Waals surface area (Å²) in [5.74, 6) is 0. The second kappa shape index (κ2) is 10.2. The summed E-state index contributed by atoms with van der Waals surface area (Å²) in [4.78, 5) is 0. The number of hydrogen-bond donors (Lipinski definition) is 3. The average molecular weight is 411 g/mol. The third-order valence-corrected chi connectivity index (χ3v) is 4.25. The van der Waals surface area contributed by atoms with Crippen molar-refractivity contribution < 1.29 is 13.2 Å². The maximum Gasteiger partial charge on any atom is 0.416 e. The normalized spacial score (nSPS) is 10.4. The van der Waals surface area contributed by atoms with Gasteiger partial charge in [-0.05, 0) is 54.3 Å². The molecular formula is C24H24F3N3. The second-order valence-corrected chi connectivity index (χ2v) is 6.54. The highest BCUT2D eigenvalue weighted by atomic mass is 19.4. The molecule has 4 aromatic rings. The Morgan fingerprint density at radius 1 is 0.600 bits per heavy atom. The van der Waals surface area contributed by atoms with Gasteiger partial charge in [0, 0.05) is 22.4 Å². The van der Waals surface area contributed by atoms with E-state index in [0.717, 1.165) is 34.5 Å². The molecule has 6 N–H and O–H groups in total. The molecule has 0 aromatic heterocycles. The standard InChI is InChI=1S/C10H9N.C7H6F3N.C7H9N/c11-10-7-3-5-8-4-1-2-6-9(8)10;8-7(9,10)5-1-3-6(11)4-2-5;1-6-4-2-3-5-7(6)8/h1-7H,11H2;1-4H,11H2;2-5H,8H2,1H3. The number of halogens is 3. The number of hydrogen-bond acceptors (Lipinski definition) is 3. The van der Waals surface area contributed by atoms with E-state index in [1.807, 2.05) is 61.5 Å². The first-order valence-electron chi connectivity index (χ1n) is 9.15. The molecular weight excluding hydrogens is 387 g/mol. The van der Waals surface area contributed by atoms with Crippen LogP contribution in [0.3, 0.4) is 0 Å². The van der Waals surface area contributed by atoms with E-state index in [-0.39, 0.29) is 0 Å². The zero-order chi connectivity index (χ0) is 22.1. The van der Waals surface area contributed by atoms with Gasteiger partial charge in [0.2, 0.25) is 0 Å². The van der Waals surface area contributed by atoms with E-state index >= 15 is 0 Å². The van der Waals surface area contributed by atoms with Crippen molar-refractivity contribution in [3.8, 4) is 0 Å². The van der Waals surface area contributed by atoms with E-state index in [9.17, 15) is 13.2 Å². The molecule has 0 bridgehead atoms. The van der Waals surface area contributed by atoms with Crippen LogP contribution >= 0.6 is 0 Å². The second-order valence-electron chi connectivity index (χ2n) is 6.54. The summed E-state index contributed by atoms with van der Waals surface area (Å²) in [7, 11) is 0. The molecule has 0 spiro atoms. The van der Waals surface area contributed by atoms with Crippen molar-refractivity contribution in [2.75, 3.05) is 17.2 Å². The lowest BCUT2D eigenvalue weighted by atomic mass is 10.1. The Hall–Kier alpha value is -3.67. The Balaban J connectivity index is 0.000000163. The highest BCUT2D eigenvalue weighted by Gasteiger charge is 2.29. The zero-order valence-electron chi connectivity index (χ0n) is 16.5. The van der Waals surface area contributed by atoms with E-state index in [4.69, 9.17) is 17.2 Å². The number of anilines is 3. The van der Waals surface area contributed by atoms with Crippen LogP contribution in [-0.4, -0.2) is 0 Å². The quantitative estimate of drug-likeness (QED) is 0.298. The summed E-state index contributed by atoms with van der Waals surface area (Å²) >= 11 is 0. The molecule has 4 rings (SSSR count). The average Bonchev–Trinajstić information content (AvgIpc) is 2.71. The van der Waals surface area contributed by atoms with Gasteiger partial charge in [-0.25, -0.2) is 0 Å². The monoisotopic (exact) mass is 411 g/mol. The van der Waals surface area contributed by atoms with Gasteiger partial charge < -0.3 is 17.2 Å². The molecule has 6 heteroatoms. The number of alkyl halides is 3.